The van der Waals surface area contributed by atoms with Gasteiger partial charge in [-0.2, -0.15) is 0 Å². The Morgan fingerprint density at radius 2 is 2.32 bits per heavy atom. The van der Waals surface area contributed by atoms with Crippen molar-refractivity contribution < 1.29 is 9.53 Å². The number of aromatic nitrogens is 2. The minimum atomic E-state index is -0.269. The van der Waals surface area contributed by atoms with Crippen molar-refractivity contribution in [1.82, 2.24) is 14.9 Å². The van der Waals surface area contributed by atoms with Crippen molar-refractivity contribution in [3.05, 3.63) is 33.7 Å². The summed E-state index contributed by atoms with van der Waals surface area (Å²) >= 11 is 1.40. The Kier molecular flexibility index (Phi) is 4.24. The van der Waals surface area contributed by atoms with Crippen molar-refractivity contribution in [1.29, 1.82) is 0 Å². The maximum Gasteiger partial charge on any atom is 0.272 e. The van der Waals surface area contributed by atoms with Crippen LogP contribution in [0.25, 0.3) is 10.6 Å². The molecule has 0 saturated heterocycles. The van der Waals surface area contributed by atoms with Crippen molar-refractivity contribution >= 4 is 17.2 Å². The van der Waals surface area contributed by atoms with Crippen LogP contribution in [0.2, 0.25) is 0 Å². The zero-order chi connectivity index (χ0) is 15.5. The van der Waals surface area contributed by atoms with E-state index in [1.807, 2.05) is 12.3 Å². The van der Waals surface area contributed by atoms with Gasteiger partial charge in [0.25, 0.3) is 5.91 Å². The number of carbonyl (C=O) groups is 1. The maximum absolute atomic E-state index is 12.7. The molecule has 0 aliphatic carbocycles. The Morgan fingerprint density at radius 1 is 1.45 bits per heavy atom. The number of unbranched alkanes of at least 4 members (excludes halogenated alkanes) is 1. The molecule has 6 nitrogen and oxygen atoms in total. The fraction of sp³-hybridized carbons (Fsp3) is 0.400. The first-order valence-corrected chi connectivity index (χ1v) is 8.18. The van der Waals surface area contributed by atoms with Crippen LogP contribution in [0.1, 0.15) is 30.3 Å². The van der Waals surface area contributed by atoms with E-state index >= 15 is 0 Å². The van der Waals surface area contributed by atoms with Gasteiger partial charge in [-0.15, -0.1) is 11.3 Å². The number of ether oxygens (including phenoxy) is 1. The van der Waals surface area contributed by atoms with Crippen LogP contribution in [-0.4, -0.2) is 28.6 Å². The Hall–Kier alpha value is -2.15. The molecule has 2 aromatic rings. The average molecular weight is 319 g/mol. The van der Waals surface area contributed by atoms with Gasteiger partial charge in [-0.3, -0.25) is 9.59 Å². The number of thiazole rings is 1. The van der Waals surface area contributed by atoms with Crippen molar-refractivity contribution in [2.75, 3.05) is 13.2 Å². The van der Waals surface area contributed by atoms with E-state index in [4.69, 9.17) is 4.74 Å². The number of carbonyl (C=O) groups excluding carboxylic acids is 1. The van der Waals surface area contributed by atoms with Crippen LogP contribution < -0.4 is 15.5 Å². The first kappa shape index (κ1) is 14.8. The van der Waals surface area contributed by atoms with E-state index in [0.717, 1.165) is 12.8 Å². The fourth-order valence-electron chi connectivity index (χ4n) is 2.38. The van der Waals surface area contributed by atoms with Crippen LogP contribution in [0.5, 0.6) is 5.75 Å². The number of nitrogens with zero attached hydrogens (tertiary/aromatic N) is 2. The van der Waals surface area contributed by atoms with Crippen LogP contribution in [0, 0.1) is 0 Å². The summed E-state index contributed by atoms with van der Waals surface area (Å²) in [6.07, 6.45) is 5.17. The fourth-order valence-corrected chi connectivity index (χ4v) is 3.03. The number of pyridine rings is 1. The molecular formula is C15H17N3O3S. The summed E-state index contributed by atoms with van der Waals surface area (Å²) in [6, 6.07) is 0. The summed E-state index contributed by atoms with van der Waals surface area (Å²) in [4.78, 5) is 29.1. The zero-order valence-electron chi connectivity index (χ0n) is 12.3. The summed E-state index contributed by atoms with van der Waals surface area (Å²) in [5, 5.41) is 5.23. The predicted octanol–water partition coefficient (Wildman–Crippen LogP) is 1.89. The molecule has 0 bridgehead atoms. The second kappa shape index (κ2) is 6.31. The van der Waals surface area contributed by atoms with Gasteiger partial charge < -0.3 is 14.6 Å². The molecule has 22 heavy (non-hydrogen) atoms. The molecule has 0 radical (unpaired) electrons. The summed E-state index contributed by atoms with van der Waals surface area (Å²) in [5.74, 6) is -0.126. The molecule has 3 rings (SSSR count). The van der Waals surface area contributed by atoms with Crippen molar-refractivity contribution in [3.63, 3.8) is 0 Å². The lowest BCUT2D eigenvalue weighted by atomic mass is 10.1. The van der Waals surface area contributed by atoms with Crippen molar-refractivity contribution in [2.24, 2.45) is 0 Å². The molecule has 116 valence electrons. The van der Waals surface area contributed by atoms with E-state index < -0.39 is 0 Å². The van der Waals surface area contributed by atoms with Crippen LogP contribution in [0.4, 0.5) is 0 Å². The van der Waals surface area contributed by atoms with Crippen molar-refractivity contribution in [3.8, 4) is 16.3 Å². The molecule has 0 spiro atoms. The molecule has 1 N–H and O–H groups in total. The van der Waals surface area contributed by atoms with Gasteiger partial charge in [0.15, 0.2) is 11.4 Å². The molecule has 0 aromatic carbocycles. The van der Waals surface area contributed by atoms with Gasteiger partial charge in [0.2, 0.25) is 5.43 Å². The second-order valence-electron chi connectivity index (χ2n) is 5.04. The number of amides is 1. The lowest BCUT2D eigenvalue weighted by Crippen LogP contribution is -2.38. The summed E-state index contributed by atoms with van der Waals surface area (Å²) in [5.41, 5.74) is 0.530. The van der Waals surface area contributed by atoms with E-state index in [0.29, 0.717) is 36.0 Å². The first-order chi connectivity index (χ1) is 10.7. The first-order valence-electron chi connectivity index (χ1n) is 7.30. The highest BCUT2D eigenvalue weighted by Crippen LogP contribution is 2.25. The summed E-state index contributed by atoms with van der Waals surface area (Å²) < 4.78 is 7.46. The Labute approximate surface area is 131 Å². The minimum absolute atomic E-state index is 0.137. The third kappa shape index (κ3) is 2.64. The normalized spacial score (nSPS) is 13.6. The summed E-state index contributed by atoms with van der Waals surface area (Å²) in [6.45, 7) is 3.63. The Balaban J connectivity index is 2.13. The predicted molar refractivity (Wildman–Crippen MR) is 84.5 cm³/mol. The van der Waals surface area contributed by atoms with E-state index in [2.05, 4.69) is 10.3 Å². The average Bonchev–Trinajstić information content (AvgIpc) is 3.03. The topological polar surface area (TPSA) is 73.2 Å². The van der Waals surface area contributed by atoms with Gasteiger partial charge in [0.05, 0.1) is 12.2 Å². The van der Waals surface area contributed by atoms with E-state index in [1.165, 1.54) is 11.3 Å². The quantitative estimate of drug-likeness (QED) is 0.854. The number of hydrogen-bond donors (Lipinski definition) is 1. The van der Waals surface area contributed by atoms with Crippen molar-refractivity contribution in [2.45, 2.75) is 26.3 Å². The van der Waals surface area contributed by atoms with E-state index in [1.54, 1.807) is 17.0 Å². The standard InChI is InChI=1S/C15H17N3O3S/c1-2-3-7-21-13-11-14(20)16-4-6-18(11)9-10(12(13)19)15-17-5-8-22-15/h5,8-9H,2-4,6-7H2,1H3,(H,16,20). The molecule has 1 amide bonds. The molecule has 0 atom stereocenters. The highest BCUT2D eigenvalue weighted by Gasteiger charge is 2.26. The lowest BCUT2D eigenvalue weighted by molar-refractivity contribution is 0.0920. The third-order valence-electron chi connectivity index (χ3n) is 3.50. The van der Waals surface area contributed by atoms with Gasteiger partial charge in [-0.25, -0.2) is 4.98 Å². The zero-order valence-corrected chi connectivity index (χ0v) is 13.1. The van der Waals surface area contributed by atoms with Gasteiger partial charge in [-0.1, -0.05) is 13.3 Å². The minimum Gasteiger partial charge on any atom is -0.487 e. The molecular weight excluding hydrogens is 302 g/mol. The third-order valence-corrected chi connectivity index (χ3v) is 4.30. The van der Waals surface area contributed by atoms with E-state index in [-0.39, 0.29) is 17.1 Å². The molecule has 0 unspecified atom stereocenters. The van der Waals surface area contributed by atoms with Crippen LogP contribution >= 0.6 is 11.3 Å². The van der Waals surface area contributed by atoms with Gasteiger partial charge >= 0.3 is 0 Å². The highest BCUT2D eigenvalue weighted by atomic mass is 32.1. The largest absolute Gasteiger partial charge is 0.487 e. The van der Waals surface area contributed by atoms with Crippen LogP contribution in [0.3, 0.4) is 0 Å². The molecule has 1 aliphatic rings. The Morgan fingerprint density at radius 3 is 3.05 bits per heavy atom. The van der Waals surface area contributed by atoms with Crippen LogP contribution in [-0.2, 0) is 6.54 Å². The van der Waals surface area contributed by atoms with Crippen LogP contribution in [0.15, 0.2) is 22.6 Å². The SMILES string of the molecule is CCCCOc1c2n(cc(-c3nccs3)c1=O)CCNC2=O. The van der Waals surface area contributed by atoms with Gasteiger partial charge in [0, 0.05) is 30.9 Å². The molecule has 0 fully saturated rings. The number of rotatable bonds is 5. The Bertz CT molecular complexity index is 737. The molecule has 3 heterocycles. The molecule has 1 aliphatic heterocycles. The highest BCUT2D eigenvalue weighted by molar-refractivity contribution is 7.13. The number of fused-ring (bicyclic) bond motifs is 1. The second-order valence-corrected chi connectivity index (χ2v) is 5.93. The van der Waals surface area contributed by atoms with Gasteiger partial charge in [0.1, 0.15) is 5.01 Å². The molecule has 0 saturated carbocycles. The molecule has 7 heteroatoms. The van der Waals surface area contributed by atoms with Gasteiger partial charge in [-0.05, 0) is 6.42 Å². The van der Waals surface area contributed by atoms with E-state index in [9.17, 15) is 9.59 Å². The smallest absolute Gasteiger partial charge is 0.272 e. The maximum atomic E-state index is 12.7. The number of hydrogen-bond acceptors (Lipinski definition) is 5. The summed E-state index contributed by atoms with van der Waals surface area (Å²) in [7, 11) is 0. The molecule has 2 aromatic heterocycles. The number of nitrogens with one attached hydrogen (secondary N) is 1. The lowest BCUT2D eigenvalue weighted by Gasteiger charge is -2.22. The monoisotopic (exact) mass is 319 g/mol.